The summed E-state index contributed by atoms with van der Waals surface area (Å²) in [6.07, 6.45) is 1.54. The zero-order valence-corrected chi connectivity index (χ0v) is 12.0. The average molecular weight is 327 g/mol. The summed E-state index contributed by atoms with van der Waals surface area (Å²) < 4.78 is 27.5. The van der Waals surface area contributed by atoms with Gasteiger partial charge in [0.2, 0.25) is 0 Å². The summed E-state index contributed by atoms with van der Waals surface area (Å²) >= 11 is 3.24. The van der Waals surface area contributed by atoms with Crippen LogP contribution in [0.4, 0.5) is 5.82 Å². The quantitative estimate of drug-likeness (QED) is 0.943. The van der Waals surface area contributed by atoms with Gasteiger partial charge in [0, 0.05) is 10.7 Å². The van der Waals surface area contributed by atoms with Gasteiger partial charge >= 0.3 is 0 Å². The molecule has 6 heteroatoms. The van der Waals surface area contributed by atoms with Crippen molar-refractivity contribution in [2.45, 2.75) is 11.8 Å². The number of anilines is 1. The van der Waals surface area contributed by atoms with Gasteiger partial charge in [0.05, 0.1) is 4.90 Å². The largest absolute Gasteiger partial charge is 0.263 e. The number of aromatic nitrogens is 1. The fraction of sp³-hybridized carbons (Fsp3) is 0.0833. The highest BCUT2D eigenvalue weighted by Gasteiger charge is 2.16. The average Bonchev–Trinajstić information content (AvgIpc) is 2.32. The smallest absolute Gasteiger partial charge is 0.263 e. The Balaban J connectivity index is 2.33. The maximum atomic E-state index is 12.1. The fourth-order valence-electron chi connectivity index (χ4n) is 1.49. The van der Waals surface area contributed by atoms with E-state index in [1.54, 1.807) is 43.3 Å². The number of benzene rings is 1. The molecule has 0 saturated heterocycles. The van der Waals surface area contributed by atoms with Crippen LogP contribution in [0.25, 0.3) is 0 Å². The van der Waals surface area contributed by atoms with E-state index in [-0.39, 0.29) is 4.90 Å². The van der Waals surface area contributed by atoms with Crippen molar-refractivity contribution in [2.24, 2.45) is 0 Å². The molecule has 1 aromatic carbocycles. The predicted molar refractivity (Wildman–Crippen MR) is 73.9 cm³/mol. The Labute approximate surface area is 114 Å². The molecule has 0 aliphatic rings. The molecule has 18 heavy (non-hydrogen) atoms. The SMILES string of the molecule is Cc1ccccc1S(=O)(=O)Nc1ccc(Br)cn1. The third kappa shape index (κ3) is 2.88. The van der Waals surface area contributed by atoms with E-state index in [4.69, 9.17) is 0 Å². The highest BCUT2D eigenvalue weighted by Crippen LogP contribution is 2.18. The minimum Gasteiger partial charge on any atom is -0.263 e. The van der Waals surface area contributed by atoms with Gasteiger partial charge in [0.25, 0.3) is 10.0 Å². The molecule has 4 nitrogen and oxygen atoms in total. The number of hydrogen-bond acceptors (Lipinski definition) is 3. The number of aryl methyl sites for hydroxylation is 1. The number of nitrogens with one attached hydrogen (secondary N) is 1. The molecule has 1 heterocycles. The lowest BCUT2D eigenvalue weighted by atomic mass is 10.2. The highest BCUT2D eigenvalue weighted by molar-refractivity contribution is 9.10. The van der Waals surface area contributed by atoms with Gasteiger partial charge in [-0.1, -0.05) is 18.2 Å². The van der Waals surface area contributed by atoms with Gasteiger partial charge in [-0.05, 0) is 46.6 Å². The van der Waals surface area contributed by atoms with Crippen molar-refractivity contribution < 1.29 is 8.42 Å². The number of rotatable bonds is 3. The standard InChI is InChI=1S/C12H11BrN2O2S/c1-9-4-2-3-5-11(9)18(16,17)15-12-7-6-10(13)8-14-12/h2-8H,1H3,(H,14,15). The number of sulfonamides is 1. The van der Waals surface area contributed by atoms with Crippen molar-refractivity contribution in [1.82, 2.24) is 4.98 Å². The number of hydrogen-bond donors (Lipinski definition) is 1. The van der Waals surface area contributed by atoms with Crippen LogP contribution in [0.5, 0.6) is 0 Å². The van der Waals surface area contributed by atoms with E-state index in [2.05, 4.69) is 25.6 Å². The van der Waals surface area contributed by atoms with Crippen molar-refractivity contribution >= 4 is 31.8 Å². The van der Waals surface area contributed by atoms with Crippen molar-refractivity contribution in [2.75, 3.05) is 4.72 Å². The normalized spacial score (nSPS) is 11.2. The molecular formula is C12H11BrN2O2S. The third-order valence-electron chi connectivity index (χ3n) is 2.35. The van der Waals surface area contributed by atoms with E-state index in [1.807, 2.05) is 0 Å². The molecule has 0 radical (unpaired) electrons. The molecule has 2 aromatic rings. The minimum absolute atomic E-state index is 0.259. The zero-order valence-electron chi connectivity index (χ0n) is 9.59. The number of pyridine rings is 1. The van der Waals surface area contributed by atoms with Crippen LogP contribution in [0.3, 0.4) is 0 Å². The second kappa shape index (κ2) is 5.07. The van der Waals surface area contributed by atoms with Crippen LogP contribution in [0.2, 0.25) is 0 Å². The van der Waals surface area contributed by atoms with Crippen molar-refractivity contribution in [3.63, 3.8) is 0 Å². The highest BCUT2D eigenvalue weighted by atomic mass is 79.9. The van der Waals surface area contributed by atoms with Gasteiger partial charge in [-0.2, -0.15) is 0 Å². The molecule has 94 valence electrons. The first-order chi connectivity index (χ1) is 8.49. The van der Waals surface area contributed by atoms with E-state index >= 15 is 0 Å². The summed E-state index contributed by atoms with van der Waals surface area (Å²) in [4.78, 5) is 4.24. The summed E-state index contributed by atoms with van der Waals surface area (Å²) in [5, 5.41) is 0. The van der Waals surface area contributed by atoms with E-state index in [0.29, 0.717) is 11.4 Å². The van der Waals surface area contributed by atoms with Crippen LogP contribution in [-0.4, -0.2) is 13.4 Å². The zero-order chi connectivity index (χ0) is 13.2. The number of nitrogens with zero attached hydrogens (tertiary/aromatic N) is 1. The van der Waals surface area contributed by atoms with Crippen molar-refractivity contribution in [1.29, 1.82) is 0 Å². The minimum atomic E-state index is -3.58. The molecular weight excluding hydrogens is 316 g/mol. The van der Waals surface area contributed by atoms with E-state index < -0.39 is 10.0 Å². The summed E-state index contributed by atoms with van der Waals surface area (Å²) in [7, 11) is -3.58. The van der Waals surface area contributed by atoms with Gasteiger partial charge in [-0.3, -0.25) is 4.72 Å². The molecule has 1 N–H and O–H groups in total. The molecule has 0 amide bonds. The van der Waals surface area contributed by atoms with Gasteiger partial charge < -0.3 is 0 Å². The molecule has 0 saturated carbocycles. The number of halogens is 1. The molecule has 0 aliphatic heterocycles. The Bertz CT molecular complexity index is 654. The van der Waals surface area contributed by atoms with E-state index in [9.17, 15) is 8.42 Å². The summed E-state index contributed by atoms with van der Waals surface area (Å²) in [6, 6.07) is 10.1. The fourth-order valence-corrected chi connectivity index (χ4v) is 2.98. The van der Waals surface area contributed by atoms with Gasteiger partial charge in [0.15, 0.2) is 0 Å². The summed E-state index contributed by atoms with van der Waals surface area (Å²) in [5.41, 5.74) is 0.696. The van der Waals surface area contributed by atoms with Crippen LogP contribution in [0.15, 0.2) is 52.0 Å². The van der Waals surface area contributed by atoms with E-state index in [0.717, 1.165) is 4.47 Å². The lowest BCUT2D eigenvalue weighted by molar-refractivity contribution is 0.600. The van der Waals surface area contributed by atoms with Crippen molar-refractivity contribution in [3.05, 3.63) is 52.6 Å². The second-order valence-corrected chi connectivity index (χ2v) is 6.30. The maximum Gasteiger partial charge on any atom is 0.263 e. The molecule has 1 aromatic heterocycles. The van der Waals surface area contributed by atoms with Gasteiger partial charge in [0.1, 0.15) is 5.82 Å². The first-order valence-corrected chi connectivity index (χ1v) is 7.47. The lowest BCUT2D eigenvalue weighted by Crippen LogP contribution is -2.14. The Hall–Kier alpha value is -1.40. The van der Waals surface area contributed by atoms with Crippen molar-refractivity contribution in [3.8, 4) is 0 Å². The Morgan fingerprint density at radius 3 is 2.50 bits per heavy atom. The first-order valence-electron chi connectivity index (χ1n) is 5.19. The lowest BCUT2D eigenvalue weighted by Gasteiger charge is -2.09. The molecule has 0 unspecified atom stereocenters. The van der Waals surface area contributed by atoms with Crippen LogP contribution >= 0.6 is 15.9 Å². The summed E-state index contributed by atoms with van der Waals surface area (Å²) in [5.74, 6) is 0.293. The van der Waals surface area contributed by atoms with Crippen LogP contribution in [0, 0.1) is 6.92 Å². The Morgan fingerprint density at radius 1 is 1.17 bits per heavy atom. The second-order valence-electron chi connectivity index (χ2n) is 3.73. The third-order valence-corrected chi connectivity index (χ3v) is 4.33. The maximum absolute atomic E-state index is 12.1. The molecule has 0 aliphatic carbocycles. The molecule has 0 fully saturated rings. The molecule has 0 atom stereocenters. The first kappa shape index (κ1) is 13.0. The van der Waals surface area contributed by atoms with E-state index in [1.165, 1.54) is 6.20 Å². The Kier molecular flexibility index (Phi) is 3.68. The van der Waals surface area contributed by atoms with Crippen LogP contribution in [0.1, 0.15) is 5.56 Å². The summed E-state index contributed by atoms with van der Waals surface area (Å²) in [6.45, 7) is 1.75. The monoisotopic (exact) mass is 326 g/mol. The molecule has 2 rings (SSSR count). The van der Waals surface area contributed by atoms with Gasteiger partial charge in [-0.25, -0.2) is 13.4 Å². The van der Waals surface area contributed by atoms with Crippen LogP contribution in [-0.2, 0) is 10.0 Å². The topological polar surface area (TPSA) is 59.1 Å². The Morgan fingerprint density at radius 2 is 1.89 bits per heavy atom. The molecule has 0 spiro atoms. The van der Waals surface area contributed by atoms with Crippen LogP contribution < -0.4 is 4.72 Å². The predicted octanol–water partition coefficient (Wildman–Crippen LogP) is 2.95. The molecule has 0 bridgehead atoms. The van der Waals surface area contributed by atoms with Gasteiger partial charge in [-0.15, -0.1) is 0 Å².